The molecule has 0 amide bonds. The molecule has 0 atom stereocenters. The van der Waals surface area contributed by atoms with Gasteiger partial charge in [0.25, 0.3) is 5.56 Å². The maximum atomic E-state index is 13.4. The number of fused-ring (bicyclic) bond motifs is 1. The second kappa shape index (κ2) is 12.2. The van der Waals surface area contributed by atoms with Gasteiger partial charge in [-0.1, -0.05) is 87.1 Å². The highest BCUT2D eigenvalue weighted by Crippen LogP contribution is 2.20. The molecule has 4 rings (SSSR count). The molecule has 4 aromatic rings. The van der Waals surface area contributed by atoms with E-state index < -0.39 is 0 Å². The molecule has 0 aliphatic rings. The molecule has 5 nitrogen and oxygen atoms in total. The lowest BCUT2D eigenvalue weighted by Crippen LogP contribution is -2.31. The average molecular weight is 470 g/mol. The van der Waals surface area contributed by atoms with Gasteiger partial charge in [-0.05, 0) is 49.2 Å². The Labute approximate surface area is 207 Å². The lowest BCUT2D eigenvalue weighted by molar-refractivity contribution is 0.304. The number of aromatic nitrogens is 2. The van der Waals surface area contributed by atoms with E-state index in [4.69, 9.17) is 9.72 Å². The standard InChI is InChI=1S/C30H35N3O2/c1-3-4-5-6-7-10-20-35-26-18-16-24(17-19-26)22-31-33-29(25-13-11-12-23(2)21-25)32-28-15-9-8-14-27(28)30(33)34/h8-9,11-19,21,31H,3-7,10,20,22H2,1-2H3. The fourth-order valence-electron chi connectivity index (χ4n) is 4.20. The molecule has 0 aliphatic carbocycles. The van der Waals surface area contributed by atoms with Crippen molar-refractivity contribution >= 4 is 10.9 Å². The van der Waals surface area contributed by atoms with Crippen LogP contribution in [-0.4, -0.2) is 16.3 Å². The van der Waals surface area contributed by atoms with Gasteiger partial charge in [0.15, 0.2) is 5.82 Å². The largest absolute Gasteiger partial charge is 0.494 e. The monoisotopic (exact) mass is 469 g/mol. The van der Waals surface area contributed by atoms with Crippen molar-refractivity contribution in [2.24, 2.45) is 0 Å². The van der Waals surface area contributed by atoms with Crippen LogP contribution >= 0.6 is 0 Å². The summed E-state index contributed by atoms with van der Waals surface area (Å²) in [4.78, 5) is 18.2. The van der Waals surface area contributed by atoms with E-state index in [2.05, 4.69) is 12.3 Å². The number of ether oxygens (including phenoxy) is 1. The smallest absolute Gasteiger partial charge is 0.280 e. The molecule has 1 aromatic heterocycles. The first-order valence-electron chi connectivity index (χ1n) is 12.7. The molecule has 1 heterocycles. The molecule has 0 radical (unpaired) electrons. The van der Waals surface area contributed by atoms with Gasteiger partial charge in [0, 0.05) is 5.56 Å². The third kappa shape index (κ3) is 6.50. The van der Waals surface area contributed by atoms with Gasteiger partial charge in [-0.3, -0.25) is 4.79 Å². The Balaban J connectivity index is 1.45. The Morgan fingerprint density at radius 2 is 1.66 bits per heavy atom. The molecule has 1 N–H and O–H groups in total. The normalized spacial score (nSPS) is 11.0. The maximum absolute atomic E-state index is 13.4. The van der Waals surface area contributed by atoms with Crippen molar-refractivity contribution in [1.29, 1.82) is 0 Å². The minimum Gasteiger partial charge on any atom is -0.494 e. The van der Waals surface area contributed by atoms with E-state index in [1.54, 1.807) is 4.68 Å². The third-order valence-corrected chi connectivity index (χ3v) is 6.18. The van der Waals surface area contributed by atoms with Crippen LogP contribution in [-0.2, 0) is 6.54 Å². The van der Waals surface area contributed by atoms with Crippen LogP contribution in [0.3, 0.4) is 0 Å². The van der Waals surface area contributed by atoms with Crippen molar-refractivity contribution in [3.05, 3.63) is 94.3 Å². The highest BCUT2D eigenvalue weighted by atomic mass is 16.5. The van der Waals surface area contributed by atoms with Gasteiger partial charge in [0.05, 0.1) is 24.1 Å². The zero-order valence-corrected chi connectivity index (χ0v) is 20.8. The number of nitrogens with zero attached hydrogens (tertiary/aromatic N) is 2. The zero-order chi connectivity index (χ0) is 24.5. The van der Waals surface area contributed by atoms with E-state index >= 15 is 0 Å². The first kappa shape index (κ1) is 24.5. The van der Waals surface area contributed by atoms with Crippen LogP contribution in [0.5, 0.6) is 5.75 Å². The highest BCUT2D eigenvalue weighted by Gasteiger charge is 2.13. The summed E-state index contributed by atoms with van der Waals surface area (Å²) in [5, 5.41) is 0.592. The van der Waals surface area contributed by atoms with Crippen LogP contribution in [0.2, 0.25) is 0 Å². The Kier molecular flexibility index (Phi) is 8.55. The summed E-state index contributed by atoms with van der Waals surface area (Å²) in [6.45, 7) is 5.52. The molecular formula is C30H35N3O2. The van der Waals surface area contributed by atoms with Crippen molar-refractivity contribution in [1.82, 2.24) is 9.66 Å². The summed E-state index contributed by atoms with van der Waals surface area (Å²) >= 11 is 0. The third-order valence-electron chi connectivity index (χ3n) is 6.18. The molecule has 0 saturated carbocycles. The quantitative estimate of drug-likeness (QED) is 0.230. The van der Waals surface area contributed by atoms with Crippen LogP contribution in [0, 0.1) is 6.92 Å². The second-order valence-electron chi connectivity index (χ2n) is 9.06. The molecule has 35 heavy (non-hydrogen) atoms. The molecule has 0 fully saturated rings. The van der Waals surface area contributed by atoms with Gasteiger partial charge < -0.3 is 10.2 Å². The minimum absolute atomic E-state index is 0.106. The van der Waals surface area contributed by atoms with Crippen molar-refractivity contribution in [2.75, 3.05) is 12.0 Å². The highest BCUT2D eigenvalue weighted by molar-refractivity contribution is 5.79. The van der Waals surface area contributed by atoms with Gasteiger partial charge in [0.1, 0.15) is 5.75 Å². The number of nitrogens with one attached hydrogen (secondary N) is 1. The molecule has 5 heteroatoms. The van der Waals surface area contributed by atoms with Crippen molar-refractivity contribution in [2.45, 2.75) is 58.9 Å². The van der Waals surface area contributed by atoms with Crippen molar-refractivity contribution in [3.63, 3.8) is 0 Å². The van der Waals surface area contributed by atoms with E-state index in [1.165, 1.54) is 32.1 Å². The number of benzene rings is 3. The fourth-order valence-corrected chi connectivity index (χ4v) is 4.20. The van der Waals surface area contributed by atoms with E-state index in [0.29, 0.717) is 23.3 Å². The van der Waals surface area contributed by atoms with Gasteiger partial charge in [-0.2, -0.15) is 0 Å². The van der Waals surface area contributed by atoms with Gasteiger partial charge in [-0.25, -0.2) is 9.66 Å². The second-order valence-corrected chi connectivity index (χ2v) is 9.06. The first-order chi connectivity index (χ1) is 17.2. The van der Waals surface area contributed by atoms with Crippen LogP contribution in [0.4, 0.5) is 0 Å². The fraction of sp³-hybridized carbons (Fsp3) is 0.333. The summed E-state index contributed by atoms with van der Waals surface area (Å²) in [7, 11) is 0. The predicted octanol–water partition coefficient (Wildman–Crippen LogP) is 6.85. The molecule has 3 aromatic carbocycles. The molecule has 0 unspecified atom stereocenters. The average Bonchev–Trinajstić information content (AvgIpc) is 2.88. The first-order valence-corrected chi connectivity index (χ1v) is 12.7. The zero-order valence-electron chi connectivity index (χ0n) is 20.8. The Morgan fingerprint density at radius 1 is 0.886 bits per heavy atom. The number of aryl methyl sites for hydroxylation is 1. The molecule has 0 aliphatic heterocycles. The molecule has 182 valence electrons. The predicted molar refractivity (Wildman–Crippen MR) is 145 cm³/mol. The molecule has 0 bridgehead atoms. The summed E-state index contributed by atoms with van der Waals surface area (Å²) in [6.07, 6.45) is 7.52. The molecule has 0 saturated heterocycles. The number of hydrogen-bond donors (Lipinski definition) is 1. The van der Waals surface area contributed by atoms with Gasteiger partial charge in [-0.15, -0.1) is 0 Å². The van der Waals surface area contributed by atoms with Crippen LogP contribution in [0.1, 0.15) is 56.6 Å². The Hall–Kier alpha value is -3.60. The number of hydrogen-bond acceptors (Lipinski definition) is 4. The number of para-hydroxylation sites is 1. The SMILES string of the molecule is CCCCCCCCOc1ccc(CNn2c(-c3cccc(C)c3)nc3ccccc3c2=O)cc1. The minimum atomic E-state index is -0.106. The summed E-state index contributed by atoms with van der Waals surface area (Å²) in [6, 6.07) is 23.6. The molecular weight excluding hydrogens is 434 g/mol. The Morgan fingerprint density at radius 3 is 2.46 bits per heavy atom. The summed E-state index contributed by atoms with van der Waals surface area (Å²) in [5.41, 5.74) is 6.98. The maximum Gasteiger partial charge on any atom is 0.280 e. The topological polar surface area (TPSA) is 56.1 Å². The van der Waals surface area contributed by atoms with E-state index in [9.17, 15) is 4.79 Å². The summed E-state index contributed by atoms with van der Waals surface area (Å²) in [5.74, 6) is 1.49. The number of rotatable bonds is 12. The molecule has 0 spiro atoms. The van der Waals surface area contributed by atoms with E-state index in [0.717, 1.165) is 35.5 Å². The van der Waals surface area contributed by atoms with Gasteiger partial charge in [0.2, 0.25) is 0 Å². The van der Waals surface area contributed by atoms with Crippen molar-refractivity contribution in [3.8, 4) is 17.1 Å². The van der Waals surface area contributed by atoms with Crippen LogP contribution in [0.15, 0.2) is 77.6 Å². The van der Waals surface area contributed by atoms with Crippen LogP contribution < -0.4 is 15.7 Å². The lowest BCUT2D eigenvalue weighted by atomic mass is 10.1. The van der Waals surface area contributed by atoms with Crippen molar-refractivity contribution < 1.29 is 4.74 Å². The lowest BCUT2D eigenvalue weighted by Gasteiger charge is -2.16. The van der Waals surface area contributed by atoms with Gasteiger partial charge >= 0.3 is 0 Å². The summed E-state index contributed by atoms with van der Waals surface area (Å²) < 4.78 is 7.47. The van der Waals surface area contributed by atoms with Crippen LogP contribution in [0.25, 0.3) is 22.3 Å². The Bertz CT molecular complexity index is 1300. The van der Waals surface area contributed by atoms with E-state index in [-0.39, 0.29) is 5.56 Å². The van der Waals surface area contributed by atoms with E-state index in [1.807, 2.05) is 79.7 Å². The number of unbranched alkanes of at least 4 members (excludes halogenated alkanes) is 5.